The fourth-order valence-electron chi connectivity index (χ4n) is 1.30. The van der Waals surface area contributed by atoms with Crippen molar-refractivity contribution in [3.05, 3.63) is 0 Å². The summed E-state index contributed by atoms with van der Waals surface area (Å²) in [5, 5.41) is 11.6. The monoisotopic (exact) mass is 196 g/mol. The van der Waals surface area contributed by atoms with Gasteiger partial charge in [0.15, 0.2) is 0 Å². The van der Waals surface area contributed by atoms with E-state index in [1.165, 1.54) is 0 Å². The fourth-order valence-corrected chi connectivity index (χ4v) is 1.30. The number of amides is 1. The zero-order valence-electron chi connectivity index (χ0n) is 8.67. The molecule has 1 rings (SSSR count). The smallest absolute Gasteiger partial charge is 0.240 e. The third-order valence-corrected chi connectivity index (χ3v) is 2.59. The first kappa shape index (κ1) is 11.0. The van der Waals surface area contributed by atoms with Gasteiger partial charge in [-0.15, -0.1) is 0 Å². The van der Waals surface area contributed by atoms with E-state index >= 15 is 0 Å². The van der Waals surface area contributed by atoms with Crippen LogP contribution in [-0.4, -0.2) is 25.7 Å². The Hall–Kier alpha value is -1.08. The summed E-state index contributed by atoms with van der Waals surface area (Å²) >= 11 is 0. The highest BCUT2D eigenvalue weighted by molar-refractivity contribution is 5.88. The van der Waals surface area contributed by atoms with Crippen LogP contribution in [0.25, 0.3) is 0 Å². The van der Waals surface area contributed by atoms with E-state index in [1.807, 2.05) is 6.92 Å². The highest BCUT2D eigenvalue weighted by atomic mass is 16.5. The normalized spacial score (nSPS) is 19.5. The van der Waals surface area contributed by atoms with Crippen molar-refractivity contribution in [1.29, 1.82) is 5.26 Å². The van der Waals surface area contributed by atoms with Crippen molar-refractivity contribution in [2.75, 3.05) is 13.7 Å². The number of carbonyl (C=O) groups excluding carboxylic acids is 1. The number of hydrogen-bond donors (Lipinski definition) is 1. The van der Waals surface area contributed by atoms with Gasteiger partial charge in [-0.25, -0.2) is 0 Å². The minimum Gasteiger partial charge on any atom is -0.383 e. The Balaban J connectivity index is 2.43. The van der Waals surface area contributed by atoms with Crippen molar-refractivity contribution < 1.29 is 9.53 Å². The summed E-state index contributed by atoms with van der Waals surface area (Å²) in [5.41, 5.74) is -0.721. The highest BCUT2D eigenvalue weighted by Crippen LogP contribution is 2.45. The van der Waals surface area contributed by atoms with Gasteiger partial charge in [0.2, 0.25) is 5.91 Å². The SMILES string of the molecule is CCC(COC)NC(=O)C1(C#N)CC1. The van der Waals surface area contributed by atoms with E-state index in [1.54, 1.807) is 7.11 Å². The minimum atomic E-state index is -0.721. The molecule has 1 aliphatic rings. The van der Waals surface area contributed by atoms with E-state index < -0.39 is 5.41 Å². The Morgan fingerprint density at radius 3 is 2.71 bits per heavy atom. The van der Waals surface area contributed by atoms with Crippen molar-refractivity contribution in [2.24, 2.45) is 5.41 Å². The number of hydrogen-bond acceptors (Lipinski definition) is 3. The average molecular weight is 196 g/mol. The molecule has 0 heterocycles. The molecule has 0 bridgehead atoms. The maximum Gasteiger partial charge on any atom is 0.240 e. The molecule has 1 N–H and O–H groups in total. The van der Waals surface area contributed by atoms with E-state index in [2.05, 4.69) is 11.4 Å². The van der Waals surface area contributed by atoms with Crippen molar-refractivity contribution in [1.82, 2.24) is 5.32 Å². The molecule has 0 aromatic rings. The average Bonchev–Trinajstić information content (AvgIpc) is 2.97. The molecule has 4 nitrogen and oxygen atoms in total. The second kappa shape index (κ2) is 4.43. The zero-order chi connectivity index (χ0) is 10.6. The molecule has 0 saturated heterocycles. The molecule has 0 radical (unpaired) electrons. The first-order valence-corrected chi connectivity index (χ1v) is 4.89. The van der Waals surface area contributed by atoms with Crippen LogP contribution in [0.5, 0.6) is 0 Å². The number of nitrogens with one attached hydrogen (secondary N) is 1. The Labute approximate surface area is 84.2 Å². The van der Waals surface area contributed by atoms with Crippen LogP contribution in [0.4, 0.5) is 0 Å². The highest BCUT2D eigenvalue weighted by Gasteiger charge is 2.50. The Morgan fingerprint density at radius 2 is 2.36 bits per heavy atom. The molecule has 1 fully saturated rings. The predicted octanol–water partition coefficient (Wildman–Crippen LogP) is 0.831. The summed E-state index contributed by atoms with van der Waals surface area (Å²) in [6, 6.07) is 2.10. The predicted molar refractivity (Wildman–Crippen MR) is 51.4 cm³/mol. The van der Waals surface area contributed by atoms with Gasteiger partial charge < -0.3 is 10.1 Å². The number of rotatable bonds is 5. The molecular formula is C10H16N2O2. The second-order valence-corrected chi connectivity index (χ2v) is 3.73. The lowest BCUT2D eigenvalue weighted by molar-refractivity contribution is -0.125. The zero-order valence-corrected chi connectivity index (χ0v) is 8.67. The van der Waals surface area contributed by atoms with Gasteiger partial charge in [0, 0.05) is 7.11 Å². The molecule has 0 aromatic heterocycles. The van der Waals surface area contributed by atoms with Crippen LogP contribution < -0.4 is 5.32 Å². The van der Waals surface area contributed by atoms with Crippen LogP contribution in [0.15, 0.2) is 0 Å². The van der Waals surface area contributed by atoms with Crippen molar-refractivity contribution >= 4 is 5.91 Å². The summed E-state index contributed by atoms with van der Waals surface area (Å²) in [6.45, 7) is 2.49. The number of ether oxygens (including phenoxy) is 1. The summed E-state index contributed by atoms with van der Waals surface area (Å²) in [5.74, 6) is -0.135. The molecule has 78 valence electrons. The van der Waals surface area contributed by atoms with Gasteiger partial charge in [0.25, 0.3) is 0 Å². The molecule has 1 atom stereocenters. The maximum atomic E-state index is 11.6. The number of nitrogens with zero attached hydrogens (tertiary/aromatic N) is 1. The van der Waals surface area contributed by atoms with E-state index in [9.17, 15) is 4.79 Å². The molecule has 14 heavy (non-hydrogen) atoms. The lowest BCUT2D eigenvalue weighted by Crippen LogP contribution is -2.41. The molecule has 4 heteroatoms. The Morgan fingerprint density at radius 1 is 1.71 bits per heavy atom. The van der Waals surface area contributed by atoms with Crippen LogP contribution in [0.2, 0.25) is 0 Å². The van der Waals surface area contributed by atoms with Crippen molar-refractivity contribution in [3.8, 4) is 6.07 Å². The van der Waals surface area contributed by atoms with Crippen LogP contribution >= 0.6 is 0 Å². The van der Waals surface area contributed by atoms with E-state index in [0.717, 1.165) is 6.42 Å². The van der Waals surface area contributed by atoms with E-state index in [-0.39, 0.29) is 11.9 Å². The topological polar surface area (TPSA) is 62.1 Å². The van der Waals surface area contributed by atoms with Crippen molar-refractivity contribution in [2.45, 2.75) is 32.2 Å². The molecule has 1 aliphatic carbocycles. The number of methoxy groups -OCH3 is 1. The Bertz CT molecular complexity index is 253. The first-order chi connectivity index (χ1) is 6.68. The van der Waals surface area contributed by atoms with Crippen LogP contribution in [0.3, 0.4) is 0 Å². The third-order valence-electron chi connectivity index (χ3n) is 2.59. The summed E-state index contributed by atoms with van der Waals surface area (Å²) in [7, 11) is 1.60. The van der Waals surface area contributed by atoms with Crippen LogP contribution in [-0.2, 0) is 9.53 Å². The van der Waals surface area contributed by atoms with Gasteiger partial charge in [-0.05, 0) is 19.3 Å². The lowest BCUT2D eigenvalue weighted by atomic mass is 10.1. The molecule has 0 spiro atoms. The largest absolute Gasteiger partial charge is 0.383 e. The standard InChI is InChI=1S/C10H16N2O2/c1-3-8(6-14-2)12-9(13)10(7-11)4-5-10/h8H,3-6H2,1-2H3,(H,12,13). The first-order valence-electron chi connectivity index (χ1n) is 4.89. The molecule has 1 amide bonds. The van der Waals surface area contributed by atoms with Gasteiger partial charge in [-0.3, -0.25) is 4.79 Å². The second-order valence-electron chi connectivity index (χ2n) is 3.73. The summed E-state index contributed by atoms with van der Waals surface area (Å²) < 4.78 is 4.96. The summed E-state index contributed by atoms with van der Waals surface area (Å²) in [4.78, 5) is 11.6. The molecule has 1 unspecified atom stereocenters. The lowest BCUT2D eigenvalue weighted by Gasteiger charge is -2.17. The molecule has 1 saturated carbocycles. The van der Waals surface area contributed by atoms with Crippen LogP contribution in [0, 0.1) is 16.7 Å². The summed E-state index contributed by atoms with van der Waals surface area (Å²) in [6.07, 6.45) is 2.21. The van der Waals surface area contributed by atoms with Gasteiger partial charge in [0.1, 0.15) is 5.41 Å². The van der Waals surface area contributed by atoms with Crippen molar-refractivity contribution in [3.63, 3.8) is 0 Å². The molecular weight excluding hydrogens is 180 g/mol. The molecule has 0 aliphatic heterocycles. The van der Waals surface area contributed by atoms with Crippen LogP contribution in [0.1, 0.15) is 26.2 Å². The number of carbonyl (C=O) groups is 1. The van der Waals surface area contributed by atoms with Gasteiger partial charge >= 0.3 is 0 Å². The quantitative estimate of drug-likeness (QED) is 0.708. The third kappa shape index (κ3) is 2.24. The van der Waals surface area contributed by atoms with Gasteiger partial charge in [-0.1, -0.05) is 6.92 Å². The van der Waals surface area contributed by atoms with E-state index in [4.69, 9.17) is 10.00 Å². The Kier molecular flexibility index (Phi) is 3.48. The molecule has 0 aromatic carbocycles. The van der Waals surface area contributed by atoms with E-state index in [0.29, 0.717) is 19.4 Å². The van der Waals surface area contributed by atoms with Gasteiger partial charge in [0.05, 0.1) is 18.7 Å². The van der Waals surface area contributed by atoms with Gasteiger partial charge in [-0.2, -0.15) is 5.26 Å². The fraction of sp³-hybridized carbons (Fsp3) is 0.800. The number of nitriles is 1. The minimum absolute atomic E-state index is 0.0262. The maximum absolute atomic E-state index is 11.6.